The second-order valence-electron chi connectivity index (χ2n) is 2.93. The van der Waals surface area contributed by atoms with Gasteiger partial charge >= 0.3 is 0 Å². The lowest BCUT2D eigenvalue weighted by Crippen LogP contribution is -1.73. The number of H-pyrrole nitrogens is 1. The maximum absolute atomic E-state index is 8.89. The fourth-order valence-corrected chi connectivity index (χ4v) is 1.81. The van der Waals surface area contributed by atoms with Crippen LogP contribution in [0.3, 0.4) is 0 Å². The van der Waals surface area contributed by atoms with E-state index in [1.807, 2.05) is 25.1 Å². The van der Waals surface area contributed by atoms with Crippen molar-refractivity contribution in [2.45, 2.75) is 6.92 Å². The summed E-state index contributed by atoms with van der Waals surface area (Å²) in [6, 6.07) is 8.05. The minimum Gasteiger partial charge on any atom is -0.357 e. The minimum absolute atomic E-state index is 0.738. The van der Waals surface area contributed by atoms with Gasteiger partial charge in [0.1, 0.15) is 6.07 Å². The van der Waals surface area contributed by atoms with Crippen LogP contribution in [-0.4, -0.2) is 4.98 Å². The average molecular weight is 235 g/mol. The first-order valence-corrected chi connectivity index (χ1v) is 4.69. The highest BCUT2D eigenvalue weighted by Crippen LogP contribution is 2.24. The number of aromatic nitrogens is 1. The molecular weight excluding hydrogens is 228 g/mol. The Morgan fingerprint density at radius 1 is 1.46 bits per heavy atom. The van der Waals surface area contributed by atoms with E-state index in [0.717, 1.165) is 26.6 Å². The van der Waals surface area contributed by atoms with Gasteiger partial charge in [-0.2, -0.15) is 5.26 Å². The summed E-state index contributed by atoms with van der Waals surface area (Å²) in [4.78, 5) is 3.17. The van der Waals surface area contributed by atoms with Crippen LogP contribution >= 0.6 is 15.9 Å². The molecule has 0 aliphatic carbocycles. The molecule has 2 aromatic rings. The Hall–Kier alpha value is -1.27. The number of nitrogens with zero attached hydrogens (tertiary/aromatic N) is 1. The van der Waals surface area contributed by atoms with Gasteiger partial charge in [-0.15, -0.1) is 0 Å². The Bertz CT molecular complexity index is 505. The number of aryl methyl sites for hydroxylation is 1. The van der Waals surface area contributed by atoms with Gasteiger partial charge in [0, 0.05) is 21.1 Å². The number of nitrogens with one attached hydrogen (secondary N) is 1. The van der Waals surface area contributed by atoms with E-state index in [9.17, 15) is 0 Å². The van der Waals surface area contributed by atoms with Crippen molar-refractivity contribution in [3.8, 4) is 6.07 Å². The van der Waals surface area contributed by atoms with Crippen LogP contribution in [0.1, 0.15) is 11.3 Å². The molecule has 64 valence electrons. The molecule has 1 aromatic heterocycles. The number of rotatable bonds is 0. The number of aromatic amines is 1. The van der Waals surface area contributed by atoms with Gasteiger partial charge in [0.05, 0.1) is 5.56 Å². The molecule has 13 heavy (non-hydrogen) atoms. The van der Waals surface area contributed by atoms with E-state index in [1.54, 1.807) is 0 Å². The van der Waals surface area contributed by atoms with E-state index in [-0.39, 0.29) is 0 Å². The Kier molecular flexibility index (Phi) is 1.86. The van der Waals surface area contributed by atoms with Crippen LogP contribution in [0.4, 0.5) is 0 Å². The highest BCUT2D eigenvalue weighted by molar-refractivity contribution is 9.10. The number of hydrogen-bond acceptors (Lipinski definition) is 1. The molecule has 0 aliphatic rings. The quantitative estimate of drug-likeness (QED) is 0.748. The number of nitriles is 1. The first-order valence-electron chi connectivity index (χ1n) is 3.90. The standard InChI is InChI=1S/C10H7BrN2/c1-6-9(5-12)8-3-2-7(11)4-10(8)13-6/h2-4,13H,1H3. The molecule has 0 fully saturated rings. The van der Waals surface area contributed by atoms with Crippen LogP contribution in [0.5, 0.6) is 0 Å². The zero-order valence-corrected chi connectivity index (χ0v) is 8.64. The zero-order valence-electron chi connectivity index (χ0n) is 7.06. The van der Waals surface area contributed by atoms with Crippen LogP contribution in [0.2, 0.25) is 0 Å². The topological polar surface area (TPSA) is 39.6 Å². The molecule has 0 saturated carbocycles. The van der Waals surface area contributed by atoms with E-state index in [4.69, 9.17) is 5.26 Å². The van der Waals surface area contributed by atoms with Gasteiger partial charge in [-0.05, 0) is 19.1 Å². The summed E-state index contributed by atoms with van der Waals surface area (Å²) in [6.07, 6.45) is 0. The van der Waals surface area contributed by atoms with Crippen molar-refractivity contribution in [1.29, 1.82) is 5.26 Å². The van der Waals surface area contributed by atoms with Gasteiger partial charge in [0.25, 0.3) is 0 Å². The lowest BCUT2D eigenvalue weighted by atomic mass is 10.1. The molecule has 0 radical (unpaired) electrons. The molecule has 1 aromatic carbocycles. The Morgan fingerprint density at radius 3 is 2.92 bits per heavy atom. The Labute approximate surface area is 84.3 Å². The zero-order chi connectivity index (χ0) is 9.42. The Balaban J connectivity index is 2.88. The molecule has 2 rings (SSSR count). The second kappa shape index (κ2) is 2.90. The van der Waals surface area contributed by atoms with Gasteiger partial charge < -0.3 is 4.98 Å². The predicted octanol–water partition coefficient (Wildman–Crippen LogP) is 3.11. The summed E-state index contributed by atoms with van der Waals surface area (Å²) in [5.41, 5.74) is 2.67. The van der Waals surface area contributed by atoms with E-state index in [0.29, 0.717) is 0 Å². The highest BCUT2D eigenvalue weighted by atomic mass is 79.9. The third kappa shape index (κ3) is 1.24. The third-order valence-corrected chi connectivity index (χ3v) is 2.55. The van der Waals surface area contributed by atoms with Crippen LogP contribution < -0.4 is 0 Å². The predicted molar refractivity (Wildman–Crippen MR) is 55.5 cm³/mol. The summed E-state index contributed by atoms with van der Waals surface area (Å²) in [5, 5.41) is 9.88. The smallest absolute Gasteiger partial charge is 0.102 e. The van der Waals surface area contributed by atoms with Gasteiger partial charge in [-0.25, -0.2) is 0 Å². The highest BCUT2D eigenvalue weighted by Gasteiger charge is 2.06. The second-order valence-corrected chi connectivity index (χ2v) is 3.84. The molecule has 0 amide bonds. The molecule has 1 heterocycles. The molecule has 0 bridgehead atoms. The summed E-state index contributed by atoms with van der Waals surface area (Å²) in [7, 11) is 0. The molecule has 0 unspecified atom stereocenters. The van der Waals surface area contributed by atoms with Crippen LogP contribution in [0.15, 0.2) is 22.7 Å². The lowest BCUT2D eigenvalue weighted by Gasteiger charge is -1.90. The first-order chi connectivity index (χ1) is 6.22. The molecule has 0 atom stereocenters. The SMILES string of the molecule is Cc1[nH]c2cc(Br)ccc2c1C#N. The normalized spacial score (nSPS) is 10.2. The van der Waals surface area contributed by atoms with E-state index >= 15 is 0 Å². The molecular formula is C10H7BrN2. The molecule has 3 heteroatoms. The number of halogens is 1. The van der Waals surface area contributed by atoms with E-state index in [2.05, 4.69) is 27.0 Å². The number of hydrogen-bond donors (Lipinski definition) is 1. The molecule has 1 N–H and O–H groups in total. The summed E-state index contributed by atoms with van der Waals surface area (Å²) >= 11 is 3.39. The molecule has 0 spiro atoms. The third-order valence-electron chi connectivity index (χ3n) is 2.06. The van der Waals surface area contributed by atoms with Crippen molar-refractivity contribution in [1.82, 2.24) is 4.98 Å². The van der Waals surface area contributed by atoms with Gasteiger partial charge in [0.15, 0.2) is 0 Å². The fourth-order valence-electron chi connectivity index (χ4n) is 1.45. The average Bonchev–Trinajstić information content (AvgIpc) is 2.39. The van der Waals surface area contributed by atoms with Gasteiger partial charge in [-0.1, -0.05) is 22.0 Å². The maximum atomic E-state index is 8.89. The van der Waals surface area contributed by atoms with Crippen molar-refractivity contribution in [3.63, 3.8) is 0 Å². The van der Waals surface area contributed by atoms with Crippen molar-refractivity contribution < 1.29 is 0 Å². The summed E-state index contributed by atoms with van der Waals surface area (Å²) in [6.45, 7) is 1.91. The molecule has 2 nitrogen and oxygen atoms in total. The van der Waals surface area contributed by atoms with Crippen LogP contribution in [0.25, 0.3) is 10.9 Å². The van der Waals surface area contributed by atoms with Crippen molar-refractivity contribution in [2.24, 2.45) is 0 Å². The Morgan fingerprint density at radius 2 is 2.23 bits per heavy atom. The van der Waals surface area contributed by atoms with Gasteiger partial charge in [-0.3, -0.25) is 0 Å². The lowest BCUT2D eigenvalue weighted by molar-refractivity contribution is 1.28. The summed E-state index contributed by atoms with van der Waals surface area (Å²) < 4.78 is 1.02. The molecule has 0 saturated heterocycles. The monoisotopic (exact) mass is 234 g/mol. The largest absolute Gasteiger partial charge is 0.357 e. The van der Waals surface area contributed by atoms with Crippen molar-refractivity contribution in [2.75, 3.05) is 0 Å². The van der Waals surface area contributed by atoms with Crippen molar-refractivity contribution in [3.05, 3.63) is 33.9 Å². The maximum Gasteiger partial charge on any atom is 0.102 e. The fraction of sp³-hybridized carbons (Fsp3) is 0.100. The van der Waals surface area contributed by atoms with Crippen molar-refractivity contribution >= 4 is 26.8 Å². The first kappa shape index (κ1) is 8.33. The van der Waals surface area contributed by atoms with E-state index < -0.39 is 0 Å². The molecule has 0 aliphatic heterocycles. The van der Waals surface area contributed by atoms with Crippen LogP contribution in [-0.2, 0) is 0 Å². The number of fused-ring (bicyclic) bond motifs is 1. The van der Waals surface area contributed by atoms with Gasteiger partial charge in [0.2, 0.25) is 0 Å². The minimum atomic E-state index is 0.738. The van der Waals surface area contributed by atoms with E-state index in [1.165, 1.54) is 0 Å². The van der Waals surface area contributed by atoms with Crippen LogP contribution in [0, 0.1) is 18.3 Å². The number of benzene rings is 1. The summed E-state index contributed by atoms with van der Waals surface area (Å²) in [5.74, 6) is 0.